The number of nitrogens with zero attached hydrogens (tertiary/aromatic N) is 2. The molecular weight excluding hydrogens is 236 g/mol. The molecule has 96 valence electrons. The molecule has 0 saturated carbocycles. The molecule has 2 aromatic rings. The van der Waals surface area contributed by atoms with E-state index in [1.54, 1.807) is 6.07 Å². The second kappa shape index (κ2) is 4.99. The van der Waals surface area contributed by atoms with Gasteiger partial charge in [0.05, 0.1) is 11.3 Å². The summed E-state index contributed by atoms with van der Waals surface area (Å²) in [4.78, 5) is 4.19. The standard InChI is InChI=1S/C15H16N4/c1-9-4-10(2)14(11(3)5-9)19-15-13(17)6-12(7-16)8-18-15/h4-6,8H,17H2,1-3H3,(H,18,19). The van der Waals surface area contributed by atoms with E-state index >= 15 is 0 Å². The molecule has 0 spiro atoms. The Kier molecular flexibility index (Phi) is 3.39. The fourth-order valence-electron chi connectivity index (χ4n) is 2.14. The van der Waals surface area contributed by atoms with E-state index in [-0.39, 0.29) is 0 Å². The van der Waals surface area contributed by atoms with Gasteiger partial charge in [-0.2, -0.15) is 5.26 Å². The lowest BCUT2D eigenvalue weighted by molar-refractivity contribution is 1.25. The predicted octanol–water partition coefficient (Wildman–Crippen LogP) is 3.20. The lowest BCUT2D eigenvalue weighted by Gasteiger charge is -2.14. The number of benzene rings is 1. The Balaban J connectivity index is 2.40. The van der Waals surface area contributed by atoms with Crippen LogP contribution in [0.3, 0.4) is 0 Å². The van der Waals surface area contributed by atoms with Gasteiger partial charge in [-0.25, -0.2) is 4.98 Å². The van der Waals surface area contributed by atoms with Crippen LogP contribution in [0.4, 0.5) is 17.2 Å². The van der Waals surface area contributed by atoms with E-state index in [0.717, 1.165) is 16.8 Å². The summed E-state index contributed by atoms with van der Waals surface area (Å²) >= 11 is 0. The highest BCUT2D eigenvalue weighted by molar-refractivity contribution is 5.73. The van der Waals surface area contributed by atoms with Crippen molar-refractivity contribution in [3.05, 3.63) is 46.6 Å². The van der Waals surface area contributed by atoms with Crippen molar-refractivity contribution in [1.82, 2.24) is 4.98 Å². The first-order chi connectivity index (χ1) is 9.01. The van der Waals surface area contributed by atoms with E-state index in [0.29, 0.717) is 17.1 Å². The van der Waals surface area contributed by atoms with Crippen molar-refractivity contribution in [3.63, 3.8) is 0 Å². The summed E-state index contributed by atoms with van der Waals surface area (Å²) in [7, 11) is 0. The van der Waals surface area contributed by atoms with Crippen molar-refractivity contribution < 1.29 is 0 Å². The molecule has 1 aromatic carbocycles. The second-order valence-electron chi connectivity index (χ2n) is 4.67. The maximum Gasteiger partial charge on any atom is 0.153 e. The zero-order valence-electron chi connectivity index (χ0n) is 11.3. The molecule has 0 bridgehead atoms. The Labute approximate surface area is 112 Å². The summed E-state index contributed by atoms with van der Waals surface area (Å²) in [6, 6.07) is 7.85. The smallest absolute Gasteiger partial charge is 0.153 e. The molecule has 0 aliphatic carbocycles. The van der Waals surface area contributed by atoms with Gasteiger partial charge in [0.15, 0.2) is 5.82 Å². The third-order valence-electron chi connectivity index (χ3n) is 2.97. The van der Waals surface area contributed by atoms with Gasteiger partial charge in [-0.3, -0.25) is 0 Å². The maximum atomic E-state index is 8.80. The third kappa shape index (κ3) is 2.66. The fraction of sp³-hybridized carbons (Fsp3) is 0.200. The second-order valence-corrected chi connectivity index (χ2v) is 4.67. The Bertz CT molecular complexity index is 645. The number of hydrogen-bond donors (Lipinski definition) is 2. The number of nitrogen functional groups attached to an aromatic ring is 1. The number of nitrogens with two attached hydrogens (primary N) is 1. The van der Waals surface area contributed by atoms with Crippen molar-refractivity contribution in [2.75, 3.05) is 11.1 Å². The van der Waals surface area contributed by atoms with Crippen molar-refractivity contribution in [2.24, 2.45) is 0 Å². The van der Waals surface area contributed by atoms with Gasteiger partial charge in [-0.15, -0.1) is 0 Å². The van der Waals surface area contributed by atoms with Crippen LogP contribution in [0.25, 0.3) is 0 Å². The molecular formula is C15H16N4. The zero-order valence-corrected chi connectivity index (χ0v) is 11.3. The normalized spacial score (nSPS) is 10.0. The van der Waals surface area contributed by atoms with Crippen LogP contribution < -0.4 is 11.1 Å². The zero-order chi connectivity index (χ0) is 14.0. The summed E-state index contributed by atoms with van der Waals surface area (Å²) < 4.78 is 0. The van der Waals surface area contributed by atoms with Crippen LogP contribution in [0.2, 0.25) is 0 Å². The quantitative estimate of drug-likeness (QED) is 0.860. The largest absolute Gasteiger partial charge is 0.396 e. The predicted molar refractivity (Wildman–Crippen MR) is 77.3 cm³/mol. The molecule has 0 saturated heterocycles. The number of aryl methyl sites for hydroxylation is 3. The first kappa shape index (κ1) is 12.9. The van der Waals surface area contributed by atoms with Crippen molar-refractivity contribution in [2.45, 2.75) is 20.8 Å². The first-order valence-corrected chi connectivity index (χ1v) is 6.01. The highest BCUT2D eigenvalue weighted by atomic mass is 15.0. The number of anilines is 3. The van der Waals surface area contributed by atoms with E-state index in [4.69, 9.17) is 11.0 Å². The number of aromatic nitrogens is 1. The molecule has 4 heteroatoms. The van der Waals surface area contributed by atoms with Gasteiger partial charge < -0.3 is 11.1 Å². The molecule has 0 amide bonds. The average molecular weight is 252 g/mol. The average Bonchev–Trinajstić information content (AvgIpc) is 2.35. The lowest BCUT2D eigenvalue weighted by atomic mass is 10.1. The van der Waals surface area contributed by atoms with Gasteiger partial charge in [0, 0.05) is 11.9 Å². The van der Waals surface area contributed by atoms with Gasteiger partial charge in [0.2, 0.25) is 0 Å². The first-order valence-electron chi connectivity index (χ1n) is 6.01. The van der Waals surface area contributed by atoms with Crippen LogP contribution in [0, 0.1) is 32.1 Å². The molecule has 0 aliphatic rings. The number of nitriles is 1. The Hall–Kier alpha value is -2.54. The molecule has 4 nitrogen and oxygen atoms in total. The number of nitrogens with one attached hydrogen (secondary N) is 1. The number of pyridine rings is 1. The highest BCUT2D eigenvalue weighted by Gasteiger charge is 2.08. The molecule has 0 fully saturated rings. The molecule has 1 heterocycles. The topological polar surface area (TPSA) is 74.7 Å². The minimum Gasteiger partial charge on any atom is -0.396 e. The Morgan fingerprint density at radius 3 is 2.32 bits per heavy atom. The molecule has 0 radical (unpaired) electrons. The van der Waals surface area contributed by atoms with Crippen LogP contribution in [-0.2, 0) is 0 Å². The van der Waals surface area contributed by atoms with E-state index in [2.05, 4.69) is 29.4 Å². The molecule has 0 atom stereocenters. The Morgan fingerprint density at radius 1 is 1.16 bits per heavy atom. The van der Waals surface area contributed by atoms with Crippen molar-refractivity contribution in [1.29, 1.82) is 5.26 Å². The van der Waals surface area contributed by atoms with Crippen molar-refractivity contribution >= 4 is 17.2 Å². The maximum absolute atomic E-state index is 8.80. The molecule has 19 heavy (non-hydrogen) atoms. The number of rotatable bonds is 2. The summed E-state index contributed by atoms with van der Waals surface area (Å²) in [5.41, 5.74) is 11.3. The summed E-state index contributed by atoms with van der Waals surface area (Å²) in [6.07, 6.45) is 1.51. The monoisotopic (exact) mass is 252 g/mol. The van der Waals surface area contributed by atoms with Gasteiger partial charge >= 0.3 is 0 Å². The molecule has 1 aromatic heterocycles. The minimum absolute atomic E-state index is 0.459. The Morgan fingerprint density at radius 2 is 1.79 bits per heavy atom. The van der Waals surface area contributed by atoms with Gasteiger partial charge in [-0.1, -0.05) is 17.7 Å². The highest BCUT2D eigenvalue weighted by Crippen LogP contribution is 2.27. The van der Waals surface area contributed by atoms with Crippen LogP contribution in [0.1, 0.15) is 22.3 Å². The molecule has 0 unspecified atom stereocenters. The minimum atomic E-state index is 0.459. The lowest BCUT2D eigenvalue weighted by Crippen LogP contribution is -2.02. The van der Waals surface area contributed by atoms with Crippen LogP contribution in [0.15, 0.2) is 24.4 Å². The molecule has 2 rings (SSSR count). The van der Waals surface area contributed by atoms with Crippen molar-refractivity contribution in [3.8, 4) is 6.07 Å². The fourth-order valence-corrected chi connectivity index (χ4v) is 2.14. The SMILES string of the molecule is Cc1cc(C)c(Nc2ncc(C#N)cc2N)c(C)c1. The molecule has 0 aliphatic heterocycles. The van der Waals surface area contributed by atoms with Crippen LogP contribution in [-0.4, -0.2) is 4.98 Å². The van der Waals surface area contributed by atoms with E-state index in [1.165, 1.54) is 11.8 Å². The van der Waals surface area contributed by atoms with Crippen LogP contribution >= 0.6 is 0 Å². The van der Waals surface area contributed by atoms with Crippen LogP contribution in [0.5, 0.6) is 0 Å². The van der Waals surface area contributed by atoms with Gasteiger partial charge in [0.25, 0.3) is 0 Å². The molecule has 3 N–H and O–H groups in total. The number of hydrogen-bond acceptors (Lipinski definition) is 4. The third-order valence-corrected chi connectivity index (χ3v) is 2.97. The van der Waals surface area contributed by atoms with Gasteiger partial charge in [-0.05, 0) is 38.0 Å². The van der Waals surface area contributed by atoms with E-state index in [1.807, 2.05) is 19.9 Å². The summed E-state index contributed by atoms with van der Waals surface area (Å²) in [5.74, 6) is 0.578. The summed E-state index contributed by atoms with van der Waals surface area (Å²) in [5, 5.41) is 12.0. The van der Waals surface area contributed by atoms with Gasteiger partial charge in [0.1, 0.15) is 6.07 Å². The summed E-state index contributed by atoms with van der Waals surface area (Å²) in [6.45, 7) is 6.16. The van der Waals surface area contributed by atoms with E-state index < -0.39 is 0 Å². The van der Waals surface area contributed by atoms with E-state index in [9.17, 15) is 0 Å².